The minimum atomic E-state index is -4.40. The van der Waals surface area contributed by atoms with E-state index in [2.05, 4.69) is 5.32 Å². The molecule has 1 N–H and O–H groups in total. The molecule has 1 aliphatic rings. The first-order chi connectivity index (χ1) is 11.9. The normalized spacial score (nSPS) is 13.4. The van der Waals surface area contributed by atoms with Crippen molar-refractivity contribution in [3.63, 3.8) is 0 Å². The summed E-state index contributed by atoms with van der Waals surface area (Å²) in [5.41, 5.74) is -0.191. The van der Waals surface area contributed by atoms with E-state index in [0.717, 1.165) is 23.9 Å². The molecule has 0 aliphatic carbocycles. The Morgan fingerprint density at radius 2 is 1.84 bits per heavy atom. The van der Waals surface area contributed by atoms with E-state index < -0.39 is 11.7 Å². The summed E-state index contributed by atoms with van der Waals surface area (Å²) >= 11 is 1.04. The highest BCUT2D eigenvalue weighted by molar-refractivity contribution is 8.00. The van der Waals surface area contributed by atoms with E-state index in [0.29, 0.717) is 35.3 Å². The Hall–Kier alpha value is -2.35. The lowest BCUT2D eigenvalue weighted by molar-refractivity contribution is -0.137. The molecule has 1 aliphatic heterocycles. The van der Waals surface area contributed by atoms with Gasteiger partial charge < -0.3 is 14.8 Å². The van der Waals surface area contributed by atoms with Gasteiger partial charge in [-0.15, -0.1) is 11.8 Å². The summed E-state index contributed by atoms with van der Waals surface area (Å²) in [7, 11) is 0. The third-order valence-corrected chi connectivity index (χ3v) is 4.35. The molecular weight excluding hydrogens is 355 g/mol. The maximum atomic E-state index is 12.7. The number of thioether (sulfide) groups is 1. The molecule has 1 heterocycles. The number of carbonyl (C=O) groups excluding carboxylic acids is 1. The van der Waals surface area contributed by atoms with Gasteiger partial charge in [0.25, 0.3) is 0 Å². The maximum Gasteiger partial charge on any atom is 0.416 e. The fourth-order valence-electron chi connectivity index (χ4n) is 2.23. The van der Waals surface area contributed by atoms with Crippen molar-refractivity contribution < 1.29 is 27.4 Å². The van der Waals surface area contributed by atoms with Crippen LogP contribution in [-0.4, -0.2) is 24.9 Å². The highest BCUT2D eigenvalue weighted by Gasteiger charge is 2.30. The summed E-state index contributed by atoms with van der Waals surface area (Å²) in [6.45, 7) is 0.919. The molecule has 8 heteroatoms. The number of benzene rings is 2. The number of rotatable bonds is 4. The van der Waals surface area contributed by atoms with E-state index in [-0.39, 0.29) is 11.7 Å². The number of hydrogen-bond donors (Lipinski definition) is 1. The Bertz CT molecular complexity index is 780. The van der Waals surface area contributed by atoms with Crippen LogP contribution in [0.5, 0.6) is 11.5 Å². The molecule has 0 aromatic heterocycles. The SMILES string of the molecule is O=C(CSc1cccc(C(F)(F)F)c1)Nc1ccc2c(c1)OCCO2. The second-order valence-electron chi connectivity index (χ2n) is 5.22. The molecule has 0 bridgehead atoms. The average molecular weight is 369 g/mol. The Kier molecular flexibility index (Phi) is 5.08. The van der Waals surface area contributed by atoms with Crippen LogP contribution in [0.25, 0.3) is 0 Å². The number of carbonyl (C=O) groups is 1. The summed E-state index contributed by atoms with van der Waals surface area (Å²) in [4.78, 5) is 12.4. The van der Waals surface area contributed by atoms with E-state index in [1.54, 1.807) is 18.2 Å². The molecule has 132 valence electrons. The molecule has 4 nitrogen and oxygen atoms in total. The lowest BCUT2D eigenvalue weighted by Crippen LogP contribution is -2.17. The van der Waals surface area contributed by atoms with Gasteiger partial charge in [-0.05, 0) is 30.3 Å². The van der Waals surface area contributed by atoms with Gasteiger partial charge in [-0.1, -0.05) is 6.07 Å². The summed E-state index contributed by atoms with van der Waals surface area (Å²) < 4.78 is 48.9. The van der Waals surface area contributed by atoms with Crippen LogP contribution < -0.4 is 14.8 Å². The van der Waals surface area contributed by atoms with Crippen molar-refractivity contribution in [1.82, 2.24) is 0 Å². The Morgan fingerprint density at radius 1 is 1.08 bits per heavy atom. The number of nitrogens with one attached hydrogen (secondary N) is 1. The van der Waals surface area contributed by atoms with Gasteiger partial charge in [-0.3, -0.25) is 4.79 Å². The predicted octanol–water partition coefficient (Wildman–Crippen LogP) is 4.21. The van der Waals surface area contributed by atoms with E-state index >= 15 is 0 Å². The standard InChI is InChI=1S/C17H14F3NO3S/c18-17(19,20)11-2-1-3-13(8-11)25-10-16(22)21-12-4-5-14-15(9-12)24-7-6-23-14/h1-5,8-9H,6-7,10H2,(H,21,22). The number of halogens is 3. The summed E-state index contributed by atoms with van der Waals surface area (Å²) in [5.74, 6) is 0.840. The summed E-state index contributed by atoms with van der Waals surface area (Å²) in [6.07, 6.45) is -4.40. The fourth-order valence-corrected chi connectivity index (χ4v) is 2.98. The molecule has 0 spiro atoms. The van der Waals surface area contributed by atoms with Gasteiger partial charge in [0.2, 0.25) is 5.91 Å². The third kappa shape index (κ3) is 4.60. The third-order valence-electron chi connectivity index (χ3n) is 3.36. The number of anilines is 1. The zero-order valence-corrected chi connectivity index (χ0v) is 13.7. The van der Waals surface area contributed by atoms with Crippen molar-refractivity contribution in [3.8, 4) is 11.5 Å². The van der Waals surface area contributed by atoms with Gasteiger partial charge in [-0.2, -0.15) is 13.2 Å². The molecule has 3 rings (SSSR count). The van der Waals surface area contributed by atoms with Gasteiger partial charge in [0.15, 0.2) is 11.5 Å². The summed E-state index contributed by atoms with van der Waals surface area (Å²) in [5, 5.41) is 2.69. The molecule has 2 aromatic carbocycles. The van der Waals surface area contributed by atoms with Crippen molar-refractivity contribution in [2.45, 2.75) is 11.1 Å². The van der Waals surface area contributed by atoms with Crippen LogP contribution in [0.1, 0.15) is 5.56 Å². The molecule has 25 heavy (non-hydrogen) atoms. The smallest absolute Gasteiger partial charge is 0.416 e. The Balaban J connectivity index is 1.58. The van der Waals surface area contributed by atoms with Crippen molar-refractivity contribution in [2.24, 2.45) is 0 Å². The number of fused-ring (bicyclic) bond motifs is 1. The van der Waals surface area contributed by atoms with Gasteiger partial charge in [-0.25, -0.2) is 0 Å². The molecule has 0 atom stereocenters. The zero-order chi connectivity index (χ0) is 17.9. The van der Waals surface area contributed by atoms with E-state index in [1.165, 1.54) is 12.1 Å². The van der Waals surface area contributed by atoms with Gasteiger partial charge in [0.05, 0.1) is 11.3 Å². The first-order valence-electron chi connectivity index (χ1n) is 7.41. The molecular formula is C17H14F3NO3S. The van der Waals surface area contributed by atoms with Gasteiger partial charge >= 0.3 is 6.18 Å². The number of hydrogen-bond acceptors (Lipinski definition) is 4. The Labute approximate surface area is 146 Å². The van der Waals surface area contributed by atoms with E-state index in [1.807, 2.05) is 0 Å². The molecule has 0 unspecified atom stereocenters. The van der Waals surface area contributed by atoms with E-state index in [9.17, 15) is 18.0 Å². The fraction of sp³-hybridized carbons (Fsp3) is 0.235. The number of amides is 1. The van der Waals surface area contributed by atoms with Crippen LogP contribution in [0.2, 0.25) is 0 Å². The summed E-state index contributed by atoms with van der Waals surface area (Å²) in [6, 6.07) is 9.92. The Morgan fingerprint density at radius 3 is 2.60 bits per heavy atom. The van der Waals surface area contributed by atoms with Crippen molar-refractivity contribution in [2.75, 3.05) is 24.3 Å². The van der Waals surface area contributed by atoms with Crippen molar-refractivity contribution in [3.05, 3.63) is 48.0 Å². The van der Waals surface area contributed by atoms with Crippen molar-refractivity contribution >= 4 is 23.4 Å². The first kappa shape index (κ1) is 17.5. The lowest BCUT2D eigenvalue weighted by Gasteiger charge is -2.19. The zero-order valence-electron chi connectivity index (χ0n) is 12.9. The van der Waals surface area contributed by atoms with Crippen LogP contribution in [0, 0.1) is 0 Å². The minimum Gasteiger partial charge on any atom is -0.486 e. The molecule has 0 radical (unpaired) electrons. The number of ether oxygens (including phenoxy) is 2. The number of alkyl halides is 3. The molecule has 0 saturated carbocycles. The molecule has 0 fully saturated rings. The average Bonchev–Trinajstić information content (AvgIpc) is 2.59. The van der Waals surface area contributed by atoms with Crippen LogP contribution in [0.3, 0.4) is 0 Å². The first-order valence-corrected chi connectivity index (χ1v) is 8.40. The second-order valence-corrected chi connectivity index (χ2v) is 6.27. The van der Waals surface area contributed by atoms with E-state index in [4.69, 9.17) is 9.47 Å². The monoisotopic (exact) mass is 369 g/mol. The molecule has 1 amide bonds. The molecule has 0 saturated heterocycles. The minimum absolute atomic E-state index is 0.00421. The lowest BCUT2D eigenvalue weighted by atomic mass is 10.2. The van der Waals surface area contributed by atoms with Crippen molar-refractivity contribution in [1.29, 1.82) is 0 Å². The quantitative estimate of drug-likeness (QED) is 0.821. The highest BCUT2D eigenvalue weighted by atomic mass is 32.2. The highest BCUT2D eigenvalue weighted by Crippen LogP contribution is 2.33. The molecule has 2 aromatic rings. The predicted molar refractivity (Wildman–Crippen MR) is 88.2 cm³/mol. The van der Waals surface area contributed by atoms with Gasteiger partial charge in [0.1, 0.15) is 13.2 Å². The van der Waals surface area contributed by atoms with Crippen LogP contribution in [-0.2, 0) is 11.0 Å². The topological polar surface area (TPSA) is 47.6 Å². The van der Waals surface area contributed by atoms with Crippen LogP contribution in [0.4, 0.5) is 18.9 Å². The maximum absolute atomic E-state index is 12.7. The van der Waals surface area contributed by atoms with Crippen LogP contribution >= 0.6 is 11.8 Å². The largest absolute Gasteiger partial charge is 0.486 e. The van der Waals surface area contributed by atoms with Crippen LogP contribution in [0.15, 0.2) is 47.4 Å². The van der Waals surface area contributed by atoms with Gasteiger partial charge in [0, 0.05) is 16.6 Å². The second kappa shape index (κ2) is 7.26.